The third kappa shape index (κ3) is 4.25. The fourth-order valence-corrected chi connectivity index (χ4v) is 5.11. The topological polar surface area (TPSA) is 101 Å². The Kier molecular flexibility index (Phi) is 6.07. The number of rotatable bonds is 6. The van der Waals surface area contributed by atoms with E-state index >= 15 is 0 Å². The number of Topliss-reactive ketones (excluding diaryl/α,β-unsaturated/α-hetero) is 1. The molecular weight excluding hydrogens is 508 g/mol. The smallest absolute Gasteiger partial charge is 0.308 e. The summed E-state index contributed by atoms with van der Waals surface area (Å²) in [6.07, 6.45) is 0. The minimum atomic E-state index is -0.685. The molecule has 4 aromatic carbocycles. The lowest BCUT2D eigenvalue weighted by Crippen LogP contribution is -2.29. The molecule has 0 saturated carbocycles. The van der Waals surface area contributed by atoms with E-state index in [0.717, 1.165) is 10.5 Å². The number of hydrogen-bond acceptors (Lipinski definition) is 6. The number of nitrogens with zero attached hydrogens (tertiary/aromatic N) is 2. The molecule has 0 aliphatic carbocycles. The van der Waals surface area contributed by atoms with E-state index in [4.69, 9.17) is 4.74 Å². The van der Waals surface area contributed by atoms with E-state index in [1.54, 1.807) is 24.3 Å². The lowest BCUT2D eigenvalue weighted by Gasteiger charge is -2.14. The summed E-state index contributed by atoms with van der Waals surface area (Å²) in [5.74, 6) is -1.87. The standard InChI is InChI=1S/C32H22N2O6/c1-19(35)40-24-15-13-23(14-16-24)33-31(38)25-17-12-22(18-26(25)32(33)39)30(37)34-27(20-8-4-2-5-9-20)28(34)29(36)21-10-6-3-7-11-21/h2-18,27-28H,1H3/t27-,28+,34?/m1/s1. The predicted molar refractivity (Wildman–Crippen MR) is 145 cm³/mol. The Morgan fingerprint density at radius 3 is 1.98 bits per heavy atom. The number of fused-ring (bicyclic) bond motifs is 1. The number of imide groups is 1. The van der Waals surface area contributed by atoms with Crippen molar-refractivity contribution in [3.05, 3.63) is 131 Å². The second-order valence-electron chi connectivity index (χ2n) is 9.54. The fraction of sp³-hybridized carbons (Fsp3) is 0.0938. The van der Waals surface area contributed by atoms with E-state index in [1.807, 2.05) is 36.4 Å². The van der Waals surface area contributed by atoms with Crippen LogP contribution in [0.4, 0.5) is 5.69 Å². The van der Waals surface area contributed by atoms with Crippen molar-refractivity contribution in [3.8, 4) is 5.75 Å². The number of carbonyl (C=O) groups excluding carboxylic acids is 5. The van der Waals surface area contributed by atoms with Crippen molar-refractivity contribution < 1.29 is 28.7 Å². The fourth-order valence-electron chi connectivity index (χ4n) is 5.11. The van der Waals surface area contributed by atoms with Gasteiger partial charge in [-0.15, -0.1) is 0 Å². The lowest BCUT2D eigenvalue weighted by molar-refractivity contribution is -0.131. The molecule has 2 aliphatic rings. The average Bonchev–Trinajstić information content (AvgIpc) is 3.67. The van der Waals surface area contributed by atoms with Gasteiger partial charge in [0.2, 0.25) is 0 Å². The molecule has 0 spiro atoms. The van der Waals surface area contributed by atoms with Crippen LogP contribution in [0.2, 0.25) is 0 Å². The first-order valence-corrected chi connectivity index (χ1v) is 12.6. The molecule has 6 rings (SSSR count). The maximum Gasteiger partial charge on any atom is 0.308 e. The van der Waals surface area contributed by atoms with Gasteiger partial charge in [-0.25, -0.2) is 4.90 Å². The molecule has 0 aromatic heterocycles. The van der Waals surface area contributed by atoms with Crippen LogP contribution in [-0.4, -0.2) is 40.4 Å². The molecule has 1 saturated heterocycles. The Morgan fingerprint density at radius 2 is 1.32 bits per heavy atom. The maximum atomic E-state index is 13.7. The van der Waals surface area contributed by atoms with Gasteiger partial charge in [0.25, 0.3) is 17.7 Å². The molecule has 40 heavy (non-hydrogen) atoms. The average molecular weight is 531 g/mol. The van der Waals surface area contributed by atoms with Gasteiger partial charge in [0.05, 0.1) is 22.9 Å². The largest absolute Gasteiger partial charge is 0.427 e. The van der Waals surface area contributed by atoms with Crippen LogP contribution in [0.3, 0.4) is 0 Å². The van der Waals surface area contributed by atoms with Crippen LogP contribution in [0.25, 0.3) is 0 Å². The first-order chi connectivity index (χ1) is 19.3. The summed E-state index contributed by atoms with van der Waals surface area (Å²) >= 11 is 0. The highest BCUT2D eigenvalue weighted by atomic mass is 16.5. The zero-order valence-electron chi connectivity index (χ0n) is 21.3. The third-order valence-electron chi connectivity index (χ3n) is 7.00. The number of anilines is 1. The molecule has 2 atom stereocenters. The predicted octanol–water partition coefficient (Wildman–Crippen LogP) is 4.86. The highest BCUT2D eigenvalue weighted by molar-refractivity contribution is 6.34. The van der Waals surface area contributed by atoms with Crippen LogP contribution < -0.4 is 9.64 Å². The SMILES string of the molecule is CC(=O)Oc1ccc(N2C(=O)c3ccc(C(=O)N4[C@H](C(=O)c5ccccc5)[C@H]4c4ccccc4)cc3C2=O)cc1. The van der Waals surface area contributed by atoms with E-state index in [-0.39, 0.29) is 28.2 Å². The van der Waals surface area contributed by atoms with Crippen LogP contribution >= 0.6 is 0 Å². The minimum Gasteiger partial charge on any atom is -0.427 e. The first kappa shape index (κ1) is 24.9. The van der Waals surface area contributed by atoms with E-state index in [1.165, 1.54) is 54.3 Å². The Bertz CT molecular complexity index is 1680. The molecule has 196 valence electrons. The van der Waals surface area contributed by atoms with Gasteiger partial charge in [-0.3, -0.25) is 24.0 Å². The normalized spacial score (nSPS) is 17.4. The zero-order valence-corrected chi connectivity index (χ0v) is 21.3. The number of ketones is 1. The number of esters is 1. The Labute approximate surface area is 229 Å². The summed E-state index contributed by atoms with van der Waals surface area (Å²) in [6, 6.07) is 27.4. The highest BCUT2D eigenvalue weighted by Gasteiger charge is 2.56. The number of amides is 3. The summed E-state index contributed by atoms with van der Waals surface area (Å²) in [4.78, 5) is 67.2. The summed E-state index contributed by atoms with van der Waals surface area (Å²) in [5, 5.41) is 0. The molecule has 2 aliphatic heterocycles. The molecule has 3 amide bonds. The number of ether oxygens (including phenoxy) is 1. The van der Waals surface area contributed by atoms with E-state index in [0.29, 0.717) is 11.3 Å². The zero-order chi connectivity index (χ0) is 28.0. The Morgan fingerprint density at radius 1 is 0.700 bits per heavy atom. The van der Waals surface area contributed by atoms with Crippen molar-refractivity contribution in [2.24, 2.45) is 0 Å². The van der Waals surface area contributed by atoms with Crippen molar-refractivity contribution in [2.45, 2.75) is 19.0 Å². The molecular formula is C32H22N2O6. The summed E-state index contributed by atoms with van der Waals surface area (Å²) < 4.78 is 5.02. The number of carbonyl (C=O) groups is 5. The monoisotopic (exact) mass is 530 g/mol. The summed E-state index contributed by atoms with van der Waals surface area (Å²) in [5.41, 5.74) is 2.13. The van der Waals surface area contributed by atoms with Crippen LogP contribution in [0.5, 0.6) is 5.75 Å². The van der Waals surface area contributed by atoms with Gasteiger partial charge >= 0.3 is 5.97 Å². The Hall–Kier alpha value is -5.37. The van der Waals surface area contributed by atoms with Crippen LogP contribution in [0, 0.1) is 0 Å². The second kappa shape index (κ2) is 9.74. The van der Waals surface area contributed by atoms with Crippen LogP contribution in [-0.2, 0) is 4.79 Å². The maximum absolute atomic E-state index is 13.7. The molecule has 0 radical (unpaired) electrons. The second-order valence-corrected chi connectivity index (χ2v) is 9.54. The van der Waals surface area contributed by atoms with Crippen molar-refractivity contribution in [3.63, 3.8) is 0 Å². The van der Waals surface area contributed by atoms with E-state index in [9.17, 15) is 24.0 Å². The number of hydrogen-bond donors (Lipinski definition) is 0. The van der Waals surface area contributed by atoms with Gasteiger partial charge in [0, 0.05) is 18.1 Å². The summed E-state index contributed by atoms with van der Waals surface area (Å²) in [7, 11) is 0. The van der Waals surface area contributed by atoms with E-state index < -0.39 is 35.8 Å². The first-order valence-electron chi connectivity index (χ1n) is 12.6. The van der Waals surface area contributed by atoms with Crippen molar-refractivity contribution in [1.29, 1.82) is 0 Å². The van der Waals surface area contributed by atoms with Crippen LogP contribution in [0.1, 0.15) is 60.0 Å². The van der Waals surface area contributed by atoms with Gasteiger partial charge in [-0.2, -0.15) is 0 Å². The van der Waals surface area contributed by atoms with Crippen LogP contribution in [0.15, 0.2) is 103 Å². The van der Waals surface area contributed by atoms with E-state index in [2.05, 4.69) is 0 Å². The lowest BCUT2D eigenvalue weighted by atomic mass is 10.0. The Balaban J connectivity index is 1.29. The van der Waals surface area contributed by atoms with Crippen molar-refractivity contribution in [2.75, 3.05) is 4.90 Å². The van der Waals surface area contributed by atoms with Gasteiger partial charge < -0.3 is 9.64 Å². The van der Waals surface area contributed by atoms with Crippen molar-refractivity contribution in [1.82, 2.24) is 4.90 Å². The minimum absolute atomic E-state index is 0.101. The van der Waals surface area contributed by atoms with Gasteiger partial charge in [-0.1, -0.05) is 60.7 Å². The molecule has 8 nitrogen and oxygen atoms in total. The van der Waals surface area contributed by atoms with Gasteiger partial charge in [0.15, 0.2) is 5.78 Å². The molecule has 0 N–H and O–H groups in total. The van der Waals surface area contributed by atoms with Gasteiger partial charge in [0.1, 0.15) is 11.8 Å². The molecule has 8 heteroatoms. The third-order valence-corrected chi connectivity index (χ3v) is 7.00. The molecule has 0 unspecified atom stereocenters. The van der Waals surface area contributed by atoms with Crippen molar-refractivity contribution >= 4 is 35.2 Å². The molecule has 4 aromatic rings. The quantitative estimate of drug-likeness (QED) is 0.116. The molecule has 0 bridgehead atoms. The molecule has 1 fully saturated rings. The summed E-state index contributed by atoms with van der Waals surface area (Å²) in [6.45, 7) is 1.27. The highest BCUT2D eigenvalue weighted by Crippen LogP contribution is 2.46. The van der Waals surface area contributed by atoms with Gasteiger partial charge in [-0.05, 0) is 48.0 Å². The molecule has 2 heterocycles. The number of benzene rings is 4.